The van der Waals surface area contributed by atoms with Gasteiger partial charge in [-0.1, -0.05) is 6.07 Å². The Hall–Kier alpha value is -2.82. The first-order valence-corrected chi connectivity index (χ1v) is 7.15. The van der Waals surface area contributed by atoms with Crippen molar-refractivity contribution >= 4 is 0 Å². The molecule has 0 radical (unpaired) electrons. The maximum atomic E-state index is 5.66. The lowest BCUT2D eigenvalue weighted by atomic mass is 10.1. The molecule has 22 heavy (non-hydrogen) atoms. The second-order valence-electron chi connectivity index (χ2n) is 5.13. The summed E-state index contributed by atoms with van der Waals surface area (Å²) in [6, 6.07) is 11.8. The van der Waals surface area contributed by atoms with Crippen molar-refractivity contribution in [1.29, 1.82) is 0 Å². The molecule has 0 fully saturated rings. The number of rotatable bonds is 2. The van der Waals surface area contributed by atoms with E-state index >= 15 is 0 Å². The maximum Gasteiger partial charge on any atom is 0.162 e. The van der Waals surface area contributed by atoms with Gasteiger partial charge in [-0.05, 0) is 30.3 Å². The van der Waals surface area contributed by atoms with Gasteiger partial charge in [-0.15, -0.1) is 0 Å². The van der Waals surface area contributed by atoms with Crippen LogP contribution in [0.5, 0.6) is 11.5 Å². The Morgan fingerprint density at radius 3 is 2.68 bits per heavy atom. The molecule has 0 amide bonds. The van der Waals surface area contributed by atoms with Gasteiger partial charge in [0, 0.05) is 18.8 Å². The first-order chi connectivity index (χ1) is 10.8. The van der Waals surface area contributed by atoms with Gasteiger partial charge in [-0.25, -0.2) is 4.98 Å². The normalized spacial score (nSPS) is 13.1. The zero-order chi connectivity index (χ0) is 14.9. The van der Waals surface area contributed by atoms with Crippen molar-refractivity contribution in [2.45, 2.75) is 0 Å². The zero-order valence-corrected chi connectivity index (χ0v) is 12.2. The first kappa shape index (κ1) is 12.9. The van der Waals surface area contributed by atoms with Crippen LogP contribution in [0.15, 0.2) is 48.9 Å². The van der Waals surface area contributed by atoms with Gasteiger partial charge in [-0.2, -0.15) is 0 Å². The average Bonchev–Trinajstić information content (AvgIpc) is 2.97. The Morgan fingerprint density at radius 2 is 1.86 bits per heavy atom. The molecule has 0 aliphatic carbocycles. The van der Waals surface area contributed by atoms with Crippen molar-refractivity contribution in [3.8, 4) is 34.1 Å². The van der Waals surface area contributed by atoms with Crippen LogP contribution in [-0.4, -0.2) is 27.7 Å². The van der Waals surface area contributed by atoms with E-state index in [2.05, 4.69) is 9.97 Å². The fourth-order valence-corrected chi connectivity index (χ4v) is 2.64. The second kappa shape index (κ2) is 5.18. The number of benzene rings is 1. The summed E-state index contributed by atoms with van der Waals surface area (Å²) in [5, 5.41) is 0. The van der Waals surface area contributed by atoms with Crippen LogP contribution in [0.25, 0.3) is 22.6 Å². The smallest absolute Gasteiger partial charge is 0.162 e. The summed E-state index contributed by atoms with van der Waals surface area (Å²) in [7, 11) is 1.97. The van der Waals surface area contributed by atoms with E-state index in [-0.39, 0.29) is 0 Å². The van der Waals surface area contributed by atoms with Crippen LogP contribution in [-0.2, 0) is 7.05 Å². The van der Waals surface area contributed by atoms with Crippen LogP contribution >= 0.6 is 0 Å². The topological polar surface area (TPSA) is 49.2 Å². The van der Waals surface area contributed by atoms with E-state index in [0.717, 1.165) is 34.1 Å². The molecule has 0 saturated carbocycles. The Bertz CT molecular complexity index is 812. The Kier molecular flexibility index (Phi) is 3.04. The van der Waals surface area contributed by atoms with Crippen LogP contribution in [0, 0.1) is 0 Å². The number of fused-ring (bicyclic) bond motifs is 1. The van der Waals surface area contributed by atoms with Gasteiger partial charge in [0.1, 0.15) is 13.2 Å². The van der Waals surface area contributed by atoms with Crippen LogP contribution < -0.4 is 9.47 Å². The minimum atomic E-state index is 0.575. The summed E-state index contributed by atoms with van der Waals surface area (Å²) in [4.78, 5) is 8.98. The van der Waals surface area contributed by atoms with E-state index in [9.17, 15) is 0 Å². The van der Waals surface area contributed by atoms with E-state index in [0.29, 0.717) is 13.2 Å². The van der Waals surface area contributed by atoms with Crippen molar-refractivity contribution in [1.82, 2.24) is 14.5 Å². The minimum Gasteiger partial charge on any atom is -0.486 e. The third-order valence-electron chi connectivity index (χ3n) is 3.66. The number of hydrogen-bond donors (Lipinski definition) is 0. The highest BCUT2D eigenvalue weighted by Crippen LogP contribution is 2.36. The monoisotopic (exact) mass is 293 g/mol. The average molecular weight is 293 g/mol. The predicted octanol–water partition coefficient (Wildman–Crippen LogP) is 2.92. The third-order valence-corrected chi connectivity index (χ3v) is 3.66. The molecule has 3 aromatic rings. The summed E-state index contributed by atoms with van der Waals surface area (Å²) in [6.45, 7) is 1.17. The lowest BCUT2D eigenvalue weighted by molar-refractivity contribution is 0.171. The van der Waals surface area contributed by atoms with Gasteiger partial charge in [0.15, 0.2) is 11.5 Å². The molecule has 2 aromatic heterocycles. The number of imidazole rings is 1. The third kappa shape index (κ3) is 2.11. The molecule has 1 aliphatic rings. The molecule has 1 aliphatic heterocycles. The van der Waals surface area contributed by atoms with Crippen molar-refractivity contribution in [2.24, 2.45) is 7.05 Å². The fraction of sp³-hybridized carbons (Fsp3) is 0.176. The van der Waals surface area contributed by atoms with Crippen LogP contribution in [0.4, 0.5) is 0 Å². The minimum absolute atomic E-state index is 0.575. The molecular formula is C17H15N3O2. The van der Waals surface area contributed by atoms with Gasteiger partial charge >= 0.3 is 0 Å². The fourth-order valence-electron chi connectivity index (χ4n) is 2.64. The summed E-state index contributed by atoms with van der Waals surface area (Å²) in [5.74, 6) is 1.55. The molecule has 1 aromatic carbocycles. The molecule has 0 bridgehead atoms. The molecule has 5 nitrogen and oxygen atoms in total. The van der Waals surface area contributed by atoms with E-state index < -0.39 is 0 Å². The van der Waals surface area contributed by atoms with E-state index in [1.165, 1.54) is 0 Å². The number of nitrogens with zero attached hydrogens (tertiary/aromatic N) is 3. The molecule has 4 rings (SSSR count). The van der Waals surface area contributed by atoms with Gasteiger partial charge in [0.25, 0.3) is 0 Å². The Morgan fingerprint density at radius 1 is 1.00 bits per heavy atom. The molecular weight excluding hydrogens is 278 g/mol. The lowest BCUT2D eigenvalue weighted by Crippen LogP contribution is -2.15. The highest BCUT2D eigenvalue weighted by molar-refractivity contribution is 5.78. The number of ether oxygens (including phenoxy) is 2. The molecule has 0 N–H and O–H groups in total. The van der Waals surface area contributed by atoms with Gasteiger partial charge in [-0.3, -0.25) is 4.98 Å². The summed E-state index contributed by atoms with van der Waals surface area (Å²) < 4.78 is 13.2. The highest BCUT2D eigenvalue weighted by Gasteiger charge is 2.17. The van der Waals surface area contributed by atoms with Gasteiger partial charge in [0.05, 0.1) is 23.4 Å². The first-order valence-electron chi connectivity index (χ1n) is 7.15. The van der Waals surface area contributed by atoms with Crippen LogP contribution in [0.1, 0.15) is 0 Å². The summed E-state index contributed by atoms with van der Waals surface area (Å²) >= 11 is 0. The molecule has 0 spiro atoms. The SMILES string of the molecule is Cn1cnc(-c2ccc3c(c2)OCCO3)c1-c1ccccn1. The van der Waals surface area contributed by atoms with Crippen molar-refractivity contribution in [3.05, 3.63) is 48.9 Å². The standard InChI is InChI=1S/C17H15N3O2/c1-20-11-19-16(17(20)13-4-2-3-7-18-13)12-5-6-14-15(10-12)22-9-8-21-14/h2-7,10-11H,8-9H2,1H3. The Labute approximate surface area is 128 Å². The zero-order valence-electron chi connectivity index (χ0n) is 12.2. The van der Waals surface area contributed by atoms with Crippen molar-refractivity contribution < 1.29 is 9.47 Å². The lowest BCUT2D eigenvalue weighted by Gasteiger charge is -2.18. The number of aryl methyl sites for hydroxylation is 1. The van der Waals surface area contributed by atoms with Gasteiger partial charge < -0.3 is 14.0 Å². The van der Waals surface area contributed by atoms with E-state index in [1.54, 1.807) is 12.5 Å². The van der Waals surface area contributed by atoms with E-state index in [1.807, 2.05) is 48.0 Å². The largest absolute Gasteiger partial charge is 0.486 e. The summed E-state index contributed by atoms with van der Waals surface area (Å²) in [5.41, 5.74) is 3.76. The number of pyridine rings is 1. The van der Waals surface area contributed by atoms with Crippen LogP contribution in [0.3, 0.4) is 0 Å². The van der Waals surface area contributed by atoms with Crippen molar-refractivity contribution in [2.75, 3.05) is 13.2 Å². The second-order valence-corrected chi connectivity index (χ2v) is 5.13. The molecule has 0 unspecified atom stereocenters. The predicted molar refractivity (Wildman–Crippen MR) is 82.9 cm³/mol. The molecule has 5 heteroatoms. The number of hydrogen-bond acceptors (Lipinski definition) is 4. The maximum absolute atomic E-state index is 5.66. The molecule has 0 atom stereocenters. The number of aromatic nitrogens is 3. The molecule has 0 saturated heterocycles. The van der Waals surface area contributed by atoms with Gasteiger partial charge in [0.2, 0.25) is 0 Å². The molecule has 110 valence electrons. The van der Waals surface area contributed by atoms with Crippen molar-refractivity contribution in [3.63, 3.8) is 0 Å². The van der Waals surface area contributed by atoms with Crippen LogP contribution in [0.2, 0.25) is 0 Å². The molecule has 3 heterocycles. The Balaban J connectivity index is 1.84. The van der Waals surface area contributed by atoms with E-state index in [4.69, 9.17) is 9.47 Å². The quantitative estimate of drug-likeness (QED) is 0.729. The summed E-state index contributed by atoms with van der Waals surface area (Å²) in [6.07, 6.45) is 3.59. The highest BCUT2D eigenvalue weighted by atomic mass is 16.6.